The van der Waals surface area contributed by atoms with Crippen LogP contribution in [0.15, 0.2) is 60.3 Å². The molecule has 0 aliphatic heterocycles. The molecule has 0 aliphatic carbocycles. The van der Waals surface area contributed by atoms with Gasteiger partial charge in [-0.15, -0.1) is 0 Å². The summed E-state index contributed by atoms with van der Waals surface area (Å²) in [5.41, 5.74) is 8.67. The smallest absolute Gasteiger partial charge is 0.410 e. The van der Waals surface area contributed by atoms with Crippen molar-refractivity contribution >= 4 is 17.8 Å². The molecular formula is C22H28N4O5. The first-order valence-corrected chi connectivity index (χ1v) is 9.61. The topological polar surface area (TPSA) is 131 Å². The fourth-order valence-corrected chi connectivity index (χ4v) is 2.69. The molecule has 0 fully saturated rings. The summed E-state index contributed by atoms with van der Waals surface area (Å²) >= 11 is 0. The molecule has 2 aromatic rings. The van der Waals surface area contributed by atoms with E-state index in [-0.39, 0.29) is 19.6 Å². The number of hydrazine groups is 1. The van der Waals surface area contributed by atoms with Crippen LogP contribution in [0, 0.1) is 0 Å². The van der Waals surface area contributed by atoms with E-state index in [1.807, 2.05) is 30.3 Å². The summed E-state index contributed by atoms with van der Waals surface area (Å²) in [6.07, 6.45) is -0.589. The number of carboxylic acid groups (broad SMARTS) is 1. The highest BCUT2D eigenvalue weighted by atomic mass is 16.6. The zero-order valence-electron chi connectivity index (χ0n) is 17.7. The molecule has 0 heterocycles. The highest BCUT2D eigenvalue weighted by Crippen LogP contribution is 2.19. The van der Waals surface area contributed by atoms with Gasteiger partial charge in [0, 0.05) is 20.6 Å². The van der Waals surface area contributed by atoms with Gasteiger partial charge in [0.25, 0.3) is 0 Å². The molecule has 0 bridgehead atoms. The van der Waals surface area contributed by atoms with E-state index in [1.54, 1.807) is 38.4 Å². The largest absolute Gasteiger partial charge is 0.493 e. The molecule has 166 valence electrons. The van der Waals surface area contributed by atoms with Crippen molar-refractivity contribution in [3.8, 4) is 5.75 Å². The predicted molar refractivity (Wildman–Crippen MR) is 117 cm³/mol. The van der Waals surface area contributed by atoms with Gasteiger partial charge in [0.05, 0.1) is 24.4 Å². The molecule has 0 unspecified atom stereocenters. The Balaban J connectivity index is 2.00. The highest BCUT2D eigenvalue weighted by Gasteiger charge is 2.15. The lowest BCUT2D eigenvalue weighted by Crippen LogP contribution is -2.33. The Morgan fingerprint density at radius 3 is 2.26 bits per heavy atom. The number of likely N-dealkylation sites (N-methyl/N-ethyl adjacent to an activating group) is 1. The van der Waals surface area contributed by atoms with E-state index in [4.69, 9.17) is 26.2 Å². The molecule has 9 nitrogen and oxygen atoms in total. The van der Waals surface area contributed by atoms with Crippen molar-refractivity contribution in [3.63, 3.8) is 0 Å². The number of ether oxygens (including phenoxy) is 2. The average Bonchev–Trinajstić information content (AvgIpc) is 2.74. The Morgan fingerprint density at radius 2 is 1.68 bits per heavy atom. The summed E-state index contributed by atoms with van der Waals surface area (Å²) in [6.45, 7) is 0.382. The van der Waals surface area contributed by atoms with Crippen LogP contribution in [0.4, 0.5) is 4.79 Å². The van der Waals surface area contributed by atoms with Crippen molar-refractivity contribution in [2.45, 2.75) is 13.0 Å². The fraction of sp³-hybridized carbons (Fsp3) is 0.273. The SMILES string of the molecule is CN(Cc1ccccc1)C(=O)OC/C(=C(/N)c1ccc(OCCC(=O)O)cc1)N(C)N. The molecule has 0 saturated carbocycles. The lowest BCUT2D eigenvalue weighted by atomic mass is 10.1. The van der Waals surface area contributed by atoms with E-state index < -0.39 is 12.1 Å². The van der Waals surface area contributed by atoms with Crippen molar-refractivity contribution in [2.24, 2.45) is 11.6 Å². The van der Waals surface area contributed by atoms with E-state index in [0.29, 0.717) is 29.3 Å². The first kappa shape index (κ1) is 23.6. The van der Waals surface area contributed by atoms with Gasteiger partial charge in [-0.25, -0.2) is 10.6 Å². The Labute approximate surface area is 181 Å². The van der Waals surface area contributed by atoms with Crippen LogP contribution in [0.25, 0.3) is 5.70 Å². The summed E-state index contributed by atoms with van der Waals surface area (Å²) < 4.78 is 10.8. The lowest BCUT2D eigenvalue weighted by Gasteiger charge is -2.22. The maximum atomic E-state index is 12.3. The summed E-state index contributed by atoms with van der Waals surface area (Å²) in [7, 11) is 3.25. The number of amides is 1. The quantitative estimate of drug-likeness (QED) is 0.388. The Bertz CT molecular complexity index is 898. The minimum atomic E-state index is -0.927. The summed E-state index contributed by atoms with van der Waals surface area (Å²) in [5, 5.41) is 9.96. The third kappa shape index (κ3) is 7.56. The van der Waals surface area contributed by atoms with E-state index in [0.717, 1.165) is 5.56 Å². The number of carboxylic acids is 1. The zero-order valence-corrected chi connectivity index (χ0v) is 17.7. The molecule has 2 rings (SSSR count). The summed E-state index contributed by atoms with van der Waals surface area (Å²) in [4.78, 5) is 24.4. The van der Waals surface area contributed by atoms with Crippen LogP contribution in [-0.2, 0) is 16.1 Å². The van der Waals surface area contributed by atoms with Crippen molar-refractivity contribution in [3.05, 3.63) is 71.4 Å². The van der Waals surface area contributed by atoms with Crippen molar-refractivity contribution < 1.29 is 24.2 Å². The number of benzene rings is 2. The number of nitrogens with zero attached hydrogens (tertiary/aromatic N) is 2. The molecule has 9 heteroatoms. The predicted octanol–water partition coefficient (Wildman–Crippen LogP) is 2.24. The maximum Gasteiger partial charge on any atom is 0.410 e. The number of carbonyl (C=O) groups excluding carboxylic acids is 1. The van der Waals surface area contributed by atoms with E-state index in [9.17, 15) is 9.59 Å². The number of hydrogen-bond donors (Lipinski definition) is 3. The van der Waals surface area contributed by atoms with Gasteiger partial charge < -0.3 is 30.2 Å². The van der Waals surface area contributed by atoms with Crippen molar-refractivity contribution in [1.82, 2.24) is 9.91 Å². The number of nitrogens with two attached hydrogens (primary N) is 2. The second-order valence-electron chi connectivity index (χ2n) is 6.88. The number of hydrogen-bond acceptors (Lipinski definition) is 7. The van der Waals surface area contributed by atoms with Crippen LogP contribution in [0.1, 0.15) is 17.5 Å². The van der Waals surface area contributed by atoms with Crippen LogP contribution in [0.3, 0.4) is 0 Å². The van der Waals surface area contributed by atoms with Crippen LogP contribution in [0.5, 0.6) is 5.75 Å². The molecule has 0 atom stereocenters. The summed E-state index contributed by atoms with van der Waals surface area (Å²) in [5.74, 6) is 5.49. The second kappa shape index (κ2) is 11.5. The zero-order chi connectivity index (χ0) is 22.8. The van der Waals surface area contributed by atoms with Crippen LogP contribution in [-0.4, -0.2) is 54.4 Å². The molecule has 0 saturated heterocycles. The fourth-order valence-electron chi connectivity index (χ4n) is 2.69. The molecule has 1 amide bonds. The monoisotopic (exact) mass is 428 g/mol. The first-order chi connectivity index (χ1) is 14.8. The molecule has 0 radical (unpaired) electrons. The van der Waals surface area contributed by atoms with Gasteiger partial charge >= 0.3 is 12.1 Å². The first-order valence-electron chi connectivity index (χ1n) is 9.61. The van der Waals surface area contributed by atoms with Crippen molar-refractivity contribution in [1.29, 1.82) is 0 Å². The molecular weight excluding hydrogens is 400 g/mol. The van der Waals surface area contributed by atoms with Gasteiger partial charge in [0.1, 0.15) is 12.4 Å². The molecule has 0 spiro atoms. The third-order valence-corrected chi connectivity index (χ3v) is 4.39. The van der Waals surface area contributed by atoms with Gasteiger partial charge in [-0.05, 0) is 35.4 Å². The normalized spacial score (nSPS) is 11.3. The van der Waals surface area contributed by atoms with E-state index in [1.165, 1.54) is 9.91 Å². The van der Waals surface area contributed by atoms with Crippen LogP contribution in [0.2, 0.25) is 0 Å². The second-order valence-corrected chi connectivity index (χ2v) is 6.88. The highest BCUT2D eigenvalue weighted by molar-refractivity contribution is 5.69. The van der Waals surface area contributed by atoms with Crippen LogP contribution < -0.4 is 16.3 Å². The molecule has 0 aliphatic rings. The number of carbonyl (C=O) groups is 2. The van der Waals surface area contributed by atoms with Gasteiger partial charge in [-0.1, -0.05) is 30.3 Å². The van der Waals surface area contributed by atoms with Gasteiger partial charge in [-0.3, -0.25) is 4.79 Å². The molecule has 31 heavy (non-hydrogen) atoms. The Hall–Kier alpha value is -3.72. The Kier molecular flexibility index (Phi) is 8.71. The maximum absolute atomic E-state index is 12.3. The van der Waals surface area contributed by atoms with Crippen molar-refractivity contribution in [2.75, 3.05) is 27.3 Å². The summed E-state index contributed by atoms with van der Waals surface area (Å²) in [6, 6.07) is 16.4. The van der Waals surface area contributed by atoms with Crippen LogP contribution >= 0.6 is 0 Å². The van der Waals surface area contributed by atoms with Gasteiger partial charge in [-0.2, -0.15) is 0 Å². The minimum absolute atomic E-state index is 0.0727. The number of aliphatic carboxylic acids is 1. The minimum Gasteiger partial charge on any atom is -0.493 e. The molecule has 2 aromatic carbocycles. The van der Waals surface area contributed by atoms with E-state index >= 15 is 0 Å². The average molecular weight is 428 g/mol. The van der Waals surface area contributed by atoms with Gasteiger partial charge in [0.2, 0.25) is 0 Å². The standard InChI is InChI=1S/C22H28N4O5/c1-25(14-16-6-4-3-5-7-16)22(29)31-15-19(26(2)24)21(23)17-8-10-18(11-9-17)30-13-12-20(27)28/h3-11H,12-15,23-24H2,1-2H3,(H,27,28)/b21-19-. The lowest BCUT2D eigenvalue weighted by molar-refractivity contribution is -0.137. The van der Waals surface area contributed by atoms with Gasteiger partial charge in [0.15, 0.2) is 0 Å². The number of rotatable bonds is 10. The molecule has 0 aromatic heterocycles. The Morgan fingerprint density at radius 1 is 1.03 bits per heavy atom. The van der Waals surface area contributed by atoms with E-state index in [2.05, 4.69) is 0 Å². The molecule has 5 N–H and O–H groups in total. The third-order valence-electron chi connectivity index (χ3n) is 4.39.